The number of para-hydroxylation sites is 2. The van der Waals surface area contributed by atoms with Crippen LogP contribution in [0.25, 0.3) is 64.3 Å². The summed E-state index contributed by atoms with van der Waals surface area (Å²) < 4.78 is 2.73. The number of nitrogens with zero attached hydrogens (tertiary/aromatic N) is 1. The molecule has 0 aliphatic carbocycles. The molecule has 9 aromatic rings. The Kier molecular flexibility index (Phi) is 6.89. The molecule has 0 N–H and O–H groups in total. The van der Waals surface area contributed by atoms with E-state index in [1.54, 1.807) is 0 Å². The van der Waals surface area contributed by atoms with Gasteiger partial charge in [0.2, 0.25) is 0 Å². The number of hydrogen-bond donors (Lipinski definition) is 0. The van der Waals surface area contributed by atoms with Crippen LogP contribution in [-0.4, -0.2) is 8.07 Å². The van der Waals surface area contributed by atoms with E-state index in [1.165, 1.54) is 86.1 Å². The average molecular weight is 686 g/mol. The van der Waals surface area contributed by atoms with Crippen LogP contribution in [0.4, 0.5) is 17.1 Å². The maximum Gasteiger partial charge on any atom is 0.113 e. The lowest BCUT2D eigenvalue weighted by atomic mass is 9.95. The summed E-state index contributed by atoms with van der Waals surface area (Å²) in [7, 11) is -2.05. The molecule has 0 fully saturated rings. The lowest BCUT2D eigenvalue weighted by Crippen LogP contribution is -2.49. The van der Waals surface area contributed by atoms with Gasteiger partial charge in [0.25, 0.3) is 0 Å². The molecule has 2 heterocycles. The summed E-state index contributed by atoms with van der Waals surface area (Å²) >= 11 is 1.91. The second-order valence-corrected chi connectivity index (χ2v) is 19.5. The number of benzene rings is 8. The summed E-state index contributed by atoms with van der Waals surface area (Å²) in [4.78, 5) is 2.52. The van der Waals surface area contributed by atoms with Gasteiger partial charge < -0.3 is 4.90 Å². The summed E-state index contributed by atoms with van der Waals surface area (Å²) in [5.74, 6) is 0. The molecular weight excluding hydrogens is 651 g/mol. The van der Waals surface area contributed by atoms with Gasteiger partial charge in [-0.25, -0.2) is 0 Å². The van der Waals surface area contributed by atoms with Crippen molar-refractivity contribution in [1.29, 1.82) is 0 Å². The normalized spacial score (nSPS) is 13.1. The summed E-state index contributed by atoms with van der Waals surface area (Å²) in [6, 6.07) is 65.1. The quantitative estimate of drug-likeness (QED) is 0.163. The van der Waals surface area contributed by atoms with E-state index in [1.807, 2.05) is 11.3 Å². The highest BCUT2D eigenvalue weighted by Crippen LogP contribution is 2.47. The van der Waals surface area contributed by atoms with Gasteiger partial charge in [0.05, 0.1) is 11.4 Å². The molecule has 0 amide bonds. The van der Waals surface area contributed by atoms with E-state index in [9.17, 15) is 0 Å². The first kappa shape index (κ1) is 30.1. The monoisotopic (exact) mass is 685 g/mol. The van der Waals surface area contributed by atoms with Crippen LogP contribution < -0.4 is 15.3 Å². The van der Waals surface area contributed by atoms with Gasteiger partial charge in [0, 0.05) is 37.0 Å². The number of hydrogen-bond acceptors (Lipinski definition) is 2. The van der Waals surface area contributed by atoms with Gasteiger partial charge in [-0.1, -0.05) is 153 Å². The van der Waals surface area contributed by atoms with Crippen molar-refractivity contribution in [3.05, 3.63) is 176 Å². The standard InChI is InChI=1S/C48H35NSSi/c1-51(2)45-30-29-44-47(39-22-10-13-26-43(39)50-44)48(45)40-28-27-34(31-46(40)51)49(41-24-11-8-20-36(41)33-15-4-3-5-16-33)42-25-12-9-21-38(42)37-23-14-18-32-17-6-7-19-35(32)37/h3-31H,1-2H3. The third-order valence-corrected chi connectivity index (χ3v) is 15.5. The van der Waals surface area contributed by atoms with Crippen molar-refractivity contribution in [3.63, 3.8) is 0 Å². The lowest BCUT2D eigenvalue weighted by Gasteiger charge is -2.31. The predicted octanol–water partition coefficient (Wildman–Crippen LogP) is 12.8. The molecule has 0 unspecified atom stereocenters. The first-order chi connectivity index (χ1) is 25.1. The molecule has 3 heteroatoms. The van der Waals surface area contributed by atoms with E-state index in [-0.39, 0.29) is 0 Å². The van der Waals surface area contributed by atoms with Crippen LogP contribution in [0, 0.1) is 0 Å². The molecule has 1 aliphatic rings. The number of rotatable bonds is 5. The zero-order valence-corrected chi connectivity index (χ0v) is 30.4. The summed E-state index contributed by atoms with van der Waals surface area (Å²) in [6.45, 7) is 5.07. The Bertz CT molecular complexity index is 2790. The molecule has 242 valence electrons. The van der Waals surface area contributed by atoms with Gasteiger partial charge in [-0.05, 0) is 79.8 Å². The fourth-order valence-electron chi connectivity index (χ4n) is 8.46. The van der Waals surface area contributed by atoms with Gasteiger partial charge in [-0.15, -0.1) is 11.3 Å². The Morgan fingerprint density at radius 1 is 0.451 bits per heavy atom. The van der Waals surface area contributed by atoms with Crippen LogP contribution in [-0.2, 0) is 0 Å². The van der Waals surface area contributed by atoms with Crippen molar-refractivity contribution in [2.45, 2.75) is 13.1 Å². The molecule has 8 aromatic carbocycles. The molecule has 51 heavy (non-hydrogen) atoms. The highest BCUT2D eigenvalue weighted by molar-refractivity contribution is 7.26. The van der Waals surface area contributed by atoms with Gasteiger partial charge in [-0.3, -0.25) is 0 Å². The average Bonchev–Trinajstić information content (AvgIpc) is 3.67. The fourth-order valence-corrected chi connectivity index (χ4v) is 12.6. The largest absolute Gasteiger partial charge is 0.309 e. The van der Waals surface area contributed by atoms with Crippen molar-refractivity contribution in [2.24, 2.45) is 0 Å². The SMILES string of the molecule is C[Si]1(C)c2cc(N(c3ccccc3-c3ccccc3)c3ccccc3-c3cccc4ccccc34)ccc2-c2c1ccc1sc3ccccc3c21. The molecule has 1 nitrogen and oxygen atoms in total. The van der Waals surface area contributed by atoms with Crippen LogP contribution >= 0.6 is 11.3 Å². The molecule has 0 radical (unpaired) electrons. The molecule has 1 aromatic heterocycles. The summed E-state index contributed by atoms with van der Waals surface area (Å²) in [6.07, 6.45) is 0. The van der Waals surface area contributed by atoms with Crippen LogP contribution in [0.5, 0.6) is 0 Å². The fraction of sp³-hybridized carbons (Fsp3) is 0.0417. The molecule has 0 saturated heterocycles. The van der Waals surface area contributed by atoms with Gasteiger partial charge in [-0.2, -0.15) is 0 Å². The highest BCUT2D eigenvalue weighted by atomic mass is 32.1. The topological polar surface area (TPSA) is 3.24 Å². The summed E-state index contributed by atoms with van der Waals surface area (Å²) in [5.41, 5.74) is 11.2. The molecule has 0 spiro atoms. The minimum absolute atomic E-state index is 1.16. The Morgan fingerprint density at radius 3 is 1.94 bits per heavy atom. The molecule has 10 rings (SSSR count). The Morgan fingerprint density at radius 2 is 1.10 bits per heavy atom. The molecule has 0 atom stereocenters. The highest BCUT2D eigenvalue weighted by Gasteiger charge is 2.39. The number of fused-ring (bicyclic) bond motifs is 8. The second-order valence-electron chi connectivity index (χ2n) is 14.1. The number of thiophene rings is 1. The zero-order valence-electron chi connectivity index (χ0n) is 28.6. The van der Waals surface area contributed by atoms with Crippen LogP contribution in [0.3, 0.4) is 0 Å². The second kappa shape index (κ2) is 11.7. The molecular formula is C48H35NSSi. The molecule has 1 aliphatic heterocycles. The third kappa shape index (κ3) is 4.66. The van der Waals surface area contributed by atoms with Crippen molar-refractivity contribution >= 4 is 77.8 Å². The first-order valence-electron chi connectivity index (χ1n) is 17.7. The van der Waals surface area contributed by atoms with E-state index in [0.717, 1.165) is 5.69 Å². The van der Waals surface area contributed by atoms with E-state index in [2.05, 4.69) is 194 Å². The first-order valence-corrected chi connectivity index (χ1v) is 21.5. The van der Waals surface area contributed by atoms with E-state index in [4.69, 9.17) is 0 Å². The van der Waals surface area contributed by atoms with Gasteiger partial charge >= 0.3 is 0 Å². The van der Waals surface area contributed by atoms with E-state index in [0.29, 0.717) is 0 Å². The Balaban J connectivity index is 1.24. The number of anilines is 3. The predicted molar refractivity (Wildman–Crippen MR) is 225 cm³/mol. The van der Waals surface area contributed by atoms with E-state index >= 15 is 0 Å². The van der Waals surface area contributed by atoms with Crippen molar-refractivity contribution in [1.82, 2.24) is 0 Å². The zero-order chi connectivity index (χ0) is 34.1. The Hall–Kier alpha value is -5.74. The van der Waals surface area contributed by atoms with Crippen LogP contribution in [0.1, 0.15) is 0 Å². The summed E-state index contributed by atoms with van der Waals surface area (Å²) in [5, 5.41) is 8.34. The Labute approximate surface area is 303 Å². The molecule has 0 saturated carbocycles. The minimum atomic E-state index is -2.05. The van der Waals surface area contributed by atoms with Crippen molar-refractivity contribution in [3.8, 4) is 33.4 Å². The maximum absolute atomic E-state index is 2.54. The van der Waals surface area contributed by atoms with E-state index < -0.39 is 8.07 Å². The maximum atomic E-state index is 2.54. The minimum Gasteiger partial charge on any atom is -0.309 e. The molecule has 0 bridgehead atoms. The van der Waals surface area contributed by atoms with Crippen molar-refractivity contribution in [2.75, 3.05) is 4.90 Å². The van der Waals surface area contributed by atoms with Gasteiger partial charge in [0.1, 0.15) is 8.07 Å². The van der Waals surface area contributed by atoms with Crippen LogP contribution in [0.2, 0.25) is 13.1 Å². The van der Waals surface area contributed by atoms with Crippen LogP contribution in [0.15, 0.2) is 176 Å². The van der Waals surface area contributed by atoms with Crippen molar-refractivity contribution < 1.29 is 0 Å². The lowest BCUT2D eigenvalue weighted by molar-refractivity contribution is 1.29. The van der Waals surface area contributed by atoms with Gasteiger partial charge in [0.15, 0.2) is 0 Å². The third-order valence-electron chi connectivity index (χ3n) is 10.9. The smallest absolute Gasteiger partial charge is 0.113 e.